The fourth-order valence-corrected chi connectivity index (χ4v) is 4.99. The second-order valence-corrected chi connectivity index (χ2v) is 9.86. The van der Waals surface area contributed by atoms with Crippen molar-refractivity contribution in [2.24, 2.45) is 5.92 Å². The van der Waals surface area contributed by atoms with Gasteiger partial charge in [-0.1, -0.05) is 41.0 Å². The number of phenols is 1. The second-order valence-electron chi connectivity index (χ2n) is 9.46. The molecule has 1 aliphatic heterocycles. The molecule has 0 unspecified atom stereocenters. The number of allylic oxidation sites excluding steroid dienone is 4. The molecule has 2 aromatic carbocycles. The Hall–Kier alpha value is -3.02. The molecule has 3 aliphatic rings. The van der Waals surface area contributed by atoms with Gasteiger partial charge in [-0.25, -0.2) is 0 Å². The highest BCUT2D eigenvalue weighted by Gasteiger charge is 2.33. The highest BCUT2D eigenvalue weighted by molar-refractivity contribution is 6.37. The summed E-state index contributed by atoms with van der Waals surface area (Å²) in [6.07, 6.45) is 9.02. The zero-order valence-electron chi connectivity index (χ0n) is 18.9. The Balaban J connectivity index is 1.28. The van der Waals surface area contributed by atoms with E-state index in [1.54, 1.807) is 12.1 Å². The summed E-state index contributed by atoms with van der Waals surface area (Å²) < 4.78 is 12.0. The molecular formula is C28H27ClN2O3. The summed E-state index contributed by atoms with van der Waals surface area (Å²) in [5.74, 6) is 2.65. The summed E-state index contributed by atoms with van der Waals surface area (Å²) in [6.45, 7) is 3.25. The Labute approximate surface area is 204 Å². The van der Waals surface area contributed by atoms with Crippen molar-refractivity contribution in [3.05, 3.63) is 71.4 Å². The van der Waals surface area contributed by atoms with Gasteiger partial charge < -0.3 is 14.4 Å². The molecule has 1 saturated heterocycles. The minimum Gasteiger partial charge on any atom is -0.508 e. The molecule has 0 bridgehead atoms. The lowest BCUT2D eigenvalue weighted by Gasteiger charge is -2.39. The Kier molecular flexibility index (Phi) is 5.67. The van der Waals surface area contributed by atoms with E-state index < -0.39 is 0 Å². The smallest absolute Gasteiger partial charge is 0.175 e. The summed E-state index contributed by atoms with van der Waals surface area (Å²) >= 11 is 6.56. The number of ether oxygens (including phenoxy) is 1. The maximum absolute atomic E-state index is 9.73. The van der Waals surface area contributed by atoms with E-state index in [4.69, 9.17) is 20.9 Å². The molecule has 0 amide bonds. The van der Waals surface area contributed by atoms with Gasteiger partial charge in [0.05, 0.1) is 5.56 Å². The number of likely N-dealkylation sites (tertiary alicyclic amines) is 1. The zero-order chi connectivity index (χ0) is 23.1. The number of hydrogen-bond acceptors (Lipinski definition) is 5. The Morgan fingerprint density at radius 2 is 1.68 bits per heavy atom. The van der Waals surface area contributed by atoms with Crippen molar-refractivity contribution in [3.8, 4) is 33.9 Å². The predicted octanol–water partition coefficient (Wildman–Crippen LogP) is 6.49. The summed E-state index contributed by atoms with van der Waals surface area (Å²) in [5.41, 5.74) is 4.33. The number of aromatic hydroxyl groups is 1. The Bertz CT molecular complexity index is 1230. The van der Waals surface area contributed by atoms with Gasteiger partial charge >= 0.3 is 0 Å². The SMILES string of the molecule is Oc1ccc(-c2onc(C3=CCCC=C3Cl)c2-c2ccc(OC3CN(CC4CC4)C3)cc2)cc1. The molecular weight excluding hydrogens is 448 g/mol. The van der Waals surface area contributed by atoms with Crippen LogP contribution >= 0.6 is 11.6 Å². The number of aromatic nitrogens is 1. The van der Waals surface area contributed by atoms with Crippen LogP contribution in [0.2, 0.25) is 0 Å². The maximum Gasteiger partial charge on any atom is 0.175 e. The Morgan fingerprint density at radius 1 is 0.971 bits per heavy atom. The van der Waals surface area contributed by atoms with Gasteiger partial charge in [0.2, 0.25) is 0 Å². The number of benzene rings is 2. The lowest BCUT2D eigenvalue weighted by molar-refractivity contribution is 0.0172. The highest BCUT2D eigenvalue weighted by Crippen LogP contribution is 2.42. The number of hydrogen-bond donors (Lipinski definition) is 1. The fraction of sp³-hybridized carbons (Fsp3) is 0.321. The first-order valence-corrected chi connectivity index (χ1v) is 12.4. The zero-order valence-corrected chi connectivity index (χ0v) is 19.7. The first-order valence-electron chi connectivity index (χ1n) is 12.0. The van der Waals surface area contributed by atoms with Crippen molar-refractivity contribution >= 4 is 17.2 Å². The van der Waals surface area contributed by atoms with Crippen molar-refractivity contribution < 1.29 is 14.4 Å². The molecule has 2 heterocycles. The van der Waals surface area contributed by atoms with Crippen LogP contribution < -0.4 is 4.74 Å². The van der Waals surface area contributed by atoms with Crippen LogP contribution in [0.5, 0.6) is 11.5 Å². The molecule has 3 aromatic rings. The van der Waals surface area contributed by atoms with Crippen LogP contribution in [-0.2, 0) is 0 Å². The van der Waals surface area contributed by atoms with Crippen molar-refractivity contribution in [3.63, 3.8) is 0 Å². The maximum atomic E-state index is 9.73. The molecule has 1 saturated carbocycles. The number of nitrogens with zero attached hydrogens (tertiary/aromatic N) is 2. The van der Waals surface area contributed by atoms with Crippen LogP contribution in [0.3, 0.4) is 0 Å². The van der Waals surface area contributed by atoms with Gasteiger partial charge in [0.1, 0.15) is 23.3 Å². The monoisotopic (exact) mass is 474 g/mol. The van der Waals surface area contributed by atoms with Crippen LogP contribution in [0, 0.1) is 5.92 Å². The first-order chi connectivity index (χ1) is 16.6. The normalized spacial score (nSPS) is 18.9. The molecule has 1 aromatic heterocycles. The quantitative estimate of drug-likeness (QED) is 0.424. The van der Waals surface area contributed by atoms with Gasteiger partial charge in [-0.3, -0.25) is 4.90 Å². The third kappa shape index (κ3) is 4.38. The van der Waals surface area contributed by atoms with Crippen molar-refractivity contribution in [2.75, 3.05) is 19.6 Å². The van der Waals surface area contributed by atoms with E-state index in [1.165, 1.54) is 19.4 Å². The van der Waals surface area contributed by atoms with Gasteiger partial charge in [-0.2, -0.15) is 0 Å². The average Bonchev–Trinajstić information content (AvgIpc) is 3.55. The summed E-state index contributed by atoms with van der Waals surface area (Å²) in [7, 11) is 0. The molecule has 174 valence electrons. The van der Waals surface area contributed by atoms with Gasteiger partial charge in [-0.15, -0.1) is 0 Å². The van der Waals surface area contributed by atoms with E-state index in [0.717, 1.165) is 65.6 Å². The van der Waals surface area contributed by atoms with E-state index in [0.29, 0.717) is 10.8 Å². The minimum atomic E-state index is 0.208. The minimum absolute atomic E-state index is 0.208. The van der Waals surface area contributed by atoms with Crippen LogP contribution in [-0.4, -0.2) is 40.9 Å². The summed E-state index contributed by atoms with van der Waals surface area (Å²) in [6, 6.07) is 15.1. The molecule has 6 heteroatoms. The van der Waals surface area contributed by atoms with E-state index >= 15 is 0 Å². The molecule has 0 spiro atoms. The lowest BCUT2D eigenvalue weighted by atomic mass is 9.94. The van der Waals surface area contributed by atoms with Crippen LogP contribution in [0.25, 0.3) is 28.0 Å². The van der Waals surface area contributed by atoms with Gasteiger partial charge in [0.15, 0.2) is 5.76 Å². The van der Waals surface area contributed by atoms with Gasteiger partial charge in [0.25, 0.3) is 0 Å². The largest absolute Gasteiger partial charge is 0.508 e. The molecule has 6 rings (SSSR count). The van der Waals surface area contributed by atoms with E-state index in [1.807, 2.05) is 30.3 Å². The van der Waals surface area contributed by atoms with Crippen LogP contribution in [0.4, 0.5) is 0 Å². The third-order valence-corrected chi connectivity index (χ3v) is 7.11. The van der Waals surface area contributed by atoms with Crippen molar-refractivity contribution in [2.45, 2.75) is 31.8 Å². The predicted molar refractivity (Wildman–Crippen MR) is 134 cm³/mol. The molecule has 1 N–H and O–H groups in total. The first kappa shape index (κ1) is 21.5. The summed E-state index contributed by atoms with van der Waals surface area (Å²) in [4.78, 5) is 2.49. The summed E-state index contributed by atoms with van der Waals surface area (Å²) in [5, 5.41) is 14.8. The van der Waals surface area contributed by atoms with Gasteiger partial charge in [-0.05, 0) is 73.6 Å². The molecule has 5 nitrogen and oxygen atoms in total. The molecule has 0 radical (unpaired) electrons. The molecule has 2 fully saturated rings. The molecule has 34 heavy (non-hydrogen) atoms. The standard InChI is InChI=1S/C28H27ClN2O3/c29-25-4-2-1-3-24(25)27-26(28(34-30-27)20-7-11-21(32)12-8-20)19-9-13-22(14-10-19)33-23-16-31(17-23)15-18-5-6-18/h3-4,7-14,18,23,32H,1-2,5-6,15-17H2. The molecule has 0 atom stereocenters. The Morgan fingerprint density at radius 3 is 2.38 bits per heavy atom. The van der Waals surface area contributed by atoms with Crippen molar-refractivity contribution in [1.29, 1.82) is 0 Å². The number of rotatable bonds is 7. The van der Waals surface area contributed by atoms with E-state index in [-0.39, 0.29) is 11.9 Å². The molecule has 2 aliphatic carbocycles. The topological polar surface area (TPSA) is 58.7 Å². The second kappa shape index (κ2) is 8.97. The van der Waals surface area contributed by atoms with Crippen LogP contribution in [0.15, 0.2) is 70.2 Å². The van der Waals surface area contributed by atoms with Crippen LogP contribution in [0.1, 0.15) is 31.4 Å². The fourth-order valence-electron chi connectivity index (χ4n) is 4.71. The van der Waals surface area contributed by atoms with Crippen molar-refractivity contribution in [1.82, 2.24) is 10.1 Å². The number of phenolic OH excluding ortho intramolecular Hbond substituents is 1. The highest BCUT2D eigenvalue weighted by atomic mass is 35.5. The van der Waals surface area contributed by atoms with E-state index in [9.17, 15) is 5.11 Å². The average molecular weight is 475 g/mol. The van der Waals surface area contributed by atoms with Gasteiger partial charge in [0, 0.05) is 35.8 Å². The lowest BCUT2D eigenvalue weighted by Crippen LogP contribution is -2.54. The third-order valence-electron chi connectivity index (χ3n) is 6.76. The van der Waals surface area contributed by atoms with E-state index in [2.05, 4.69) is 28.3 Å². The number of halogens is 1.